The zero-order valence-corrected chi connectivity index (χ0v) is 22.6. The molecule has 36 heavy (non-hydrogen) atoms. The molecule has 176 valence electrons. The van der Waals surface area contributed by atoms with Gasteiger partial charge in [-0.3, -0.25) is 0 Å². The molecule has 0 saturated carbocycles. The third-order valence-electron chi connectivity index (χ3n) is 6.74. The van der Waals surface area contributed by atoms with E-state index in [0.29, 0.717) is 0 Å². The second-order valence-electron chi connectivity index (χ2n) is 8.70. The Hall–Kier alpha value is -2.65. The van der Waals surface area contributed by atoms with E-state index in [0.717, 1.165) is 27.5 Å². The summed E-state index contributed by atoms with van der Waals surface area (Å²) in [6.07, 6.45) is 1.60. The zero-order valence-electron chi connectivity index (χ0n) is 19.5. The van der Waals surface area contributed by atoms with E-state index in [9.17, 15) is 5.11 Å². The quantitative estimate of drug-likeness (QED) is 0.225. The summed E-state index contributed by atoms with van der Waals surface area (Å²) in [5.74, 6) is 0.0570. The summed E-state index contributed by atoms with van der Waals surface area (Å²) in [7, 11) is 9.78. The van der Waals surface area contributed by atoms with Crippen molar-refractivity contribution in [1.29, 1.82) is 0 Å². The Morgan fingerprint density at radius 1 is 0.639 bits per heavy atom. The molecule has 6 rings (SSSR count). The molecule has 0 bridgehead atoms. The summed E-state index contributed by atoms with van der Waals surface area (Å²) in [4.78, 5) is 0. The Bertz CT molecular complexity index is 1500. The van der Waals surface area contributed by atoms with E-state index in [1.165, 1.54) is 22.3 Å². The fourth-order valence-electron chi connectivity index (χ4n) is 5.21. The second kappa shape index (κ2) is 11.6. The van der Waals surface area contributed by atoms with Gasteiger partial charge in [-0.25, -0.2) is 0 Å². The van der Waals surface area contributed by atoms with Crippen molar-refractivity contribution in [2.75, 3.05) is 0 Å². The van der Waals surface area contributed by atoms with Crippen molar-refractivity contribution < 1.29 is 22.1 Å². The molecule has 0 saturated heterocycles. The number of aliphatic hydroxyl groups excluding tert-OH is 1. The van der Waals surface area contributed by atoms with Crippen molar-refractivity contribution in [2.24, 2.45) is 0 Å². The summed E-state index contributed by atoms with van der Waals surface area (Å²) in [5.41, 5.74) is 8.07. The SMILES string of the molecule is OC(c1ccccc1)c1c(C2C(c3ccccc3)=Cc3ccccc32)ccc2ccccc12.[Cl][Ti][Cl]. The monoisotopic (exact) mass is 542 g/mol. The van der Waals surface area contributed by atoms with Crippen molar-refractivity contribution in [2.45, 2.75) is 12.0 Å². The number of rotatable bonds is 4. The molecule has 1 nitrogen and oxygen atoms in total. The Balaban J connectivity index is 0.000000848. The van der Waals surface area contributed by atoms with E-state index in [1.807, 2.05) is 30.3 Å². The molecule has 1 aliphatic carbocycles. The minimum absolute atomic E-state index is 0.0570. The van der Waals surface area contributed by atoms with E-state index < -0.39 is 23.1 Å². The third kappa shape index (κ3) is 4.96. The summed E-state index contributed by atoms with van der Waals surface area (Å²) in [5, 5.41) is 14.0. The Morgan fingerprint density at radius 2 is 1.25 bits per heavy atom. The Labute approximate surface area is 228 Å². The molecule has 0 heterocycles. The van der Waals surface area contributed by atoms with Crippen molar-refractivity contribution in [3.63, 3.8) is 0 Å². The van der Waals surface area contributed by atoms with Crippen LogP contribution in [-0.4, -0.2) is 5.11 Å². The predicted molar refractivity (Wildman–Crippen MR) is 149 cm³/mol. The van der Waals surface area contributed by atoms with E-state index in [4.69, 9.17) is 18.6 Å². The Kier molecular flexibility index (Phi) is 8.07. The molecule has 0 fully saturated rings. The molecule has 0 amide bonds. The third-order valence-corrected chi connectivity index (χ3v) is 6.74. The van der Waals surface area contributed by atoms with Crippen LogP contribution in [0.1, 0.15) is 45.4 Å². The van der Waals surface area contributed by atoms with Crippen molar-refractivity contribution in [1.82, 2.24) is 0 Å². The molecule has 0 spiro atoms. The van der Waals surface area contributed by atoms with Gasteiger partial charge in [-0.1, -0.05) is 121 Å². The van der Waals surface area contributed by atoms with Gasteiger partial charge in [0, 0.05) is 5.92 Å². The molecule has 2 unspecified atom stereocenters. The van der Waals surface area contributed by atoms with Crippen molar-refractivity contribution >= 4 is 41.0 Å². The number of fused-ring (bicyclic) bond motifs is 2. The van der Waals surface area contributed by atoms with Gasteiger partial charge in [-0.15, -0.1) is 0 Å². The predicted octanol–water partition coefficient (Wildman–Crippen LogP) is 8.98. The summed E-state index contributed by atoms with van der Waals surface area (Å²) in [6.45, 7) is 0. The second-order valence-corrected chi connectivity index (χ2v) is 11.3. The van der Waals surface area contributed by atoms with E-state index >= 15 is 0 Å². The van der Waals surface area contributed by atoms with Crippen LogP contribution in [0.5, 0.6) is 0 Å². The number of benzene rings is 5. The molecule has 0 radical (unpaired) electrons. The molecular weight excluding hydrogens is 519 g/mol. The molecule has 1 N–H and O–H groups in total. The van der Waals surface area contributed by atoms with Gasteiger partial charge in [0.25, 0.3) is 0 Å². The number of aliphatic hydroxyl groups is 1. The van der Waals surface area contributed by atoms with Crippen LogP contribution in [0.3, 0.4) is 0 Å². The number of allylic oxidation sites excluding steroid dienone is 1. The Morgan fingerprint density at radius 3 is 2.00 bits per heavy atom. The first-order valence-electron chi connectivity index (χ1n) is 11.8. The van der Waals surface area contributed by atoms with Crippen LogP contribution in [0.4, 0.5) is 0 Å². The van der Waals surface area contributed by atoms with Crippen molar-refractivity contribution in [3.8, 4) is 0 Å². The fraction of sp³-hybridized carbons (Fsp3) is 0.0625. The van der Waals surface area contributed by atoms with Gasteiger partial charge in [0.1, 0.15) is 6.10 Å². The van der Waals surface area contributed by atoms with Crippen LogP contribution in [0, 0.1) is 0 Å². The molecular formula is C32H24Cl2OTi. The van der Waals surface area contributed by atoms with E-state index in [1.54, 1.807) is 0 Å². The molecule has 5 aromatic carbocycles. The van der Waals surface area contributed by atoms with Gasteiger partial charge in [0.05, 0.1) is 0 Å². The molecule has 5 aromatic rings. The van der Waals surface area contributed by atoms with Crippen LogP contribution < -0.4 is 0 Å². The number of hydrogen-bond acceptors (Lipinski definition) is 1. The molecule has 0 aliphatic heterocycles. The summed E-state index contributed by atoms with van der Waals surface area (Å²) >= 11 is -0.556. The maximum absolute atomic E-state index is 11.7. The number of hydrogen-bond donors (Lipinski definition) is 1. The van der Waals surface area contributed by atoms with Crippen LogP contribution in [0.2, 0.25) is 0 Å². The molecule has 1 aliphatic rings. The summed E-state index contributed by atoms with van der Waals surface area (Å²) < 4.78 is 0. The average molecular weight is 543 g/mol. The number of halogens is 2. The van der Waals surface area contributed by atoms with Gasteiger partial charge in [0.2, 0.25) is 0 Å². The molecule has 2 atom stereocenters. The van der Waals surface area contributed by atoms with Gasteiger partial charge in [0.15, 0.2) is 0 Å². The standard InChI is InChI=1S/C32H24O.2ClH.Ti/c33-32(24-14-5-2-6-15-24)31-26-17-9-7-13-23(26)19-20-28(31)30-27-18-10-8-16-25(27)21-29(30)22-11-3-1-4-12-22;;;/h1-21,30,32-33H;2*1H;/q;;;+2/p-2. The first-order valence-corrected chi connectivity index (χ1v) is 16.1. The van der Waals surface area contributed by atoms with Crippen LogP contribution in [0.25, 0.3) is 22.4 Å². The van der Waals surface area contributed by atoms with Crippen LogP contribution in [-0.2, 0) is 17.0 Å². The maximum atomic E-state index is 11.7. The molecule has 4 heteroatoms. The van der Waals surface area contributed by atoms with Gasteiger partial charge >= 0.3 is 35.6 Å². The van der Waals surface area contributed by atoms with Crippen LogP contribution >= 0.6 is 18.6 Å². The normalized spacial score (nSPS) is 14.9. The fourth-order valence-corrected chi connectivity index (χ4v) is 5.21. The first-order chi connectivity index (χ1) is 17.7. The van der Waals surface area contributed by atoms with E-state index in [-0.39, 0.29) is 5.92 Å². The van der Waals surface area contributed by atoms with Crippen LogP contribution in [0.15, 0.2) is 121 Å². The first kappa shape index (κ1) is 25.0. The van der Waals surface area contributed by atoms with Gasteiger partial charge in [-0.05, 0) is 55.8 Å². The average Bonchev–Trinajstić information content (AvgIpc) is 3.33. The van der Waals surface area contributed by atoms with Gasteiger partial charge < -0.3 is 5.11 Å². The van der Waals surface area contributed by atoms with E-state index in [2.05, 4.69) is 97.1 Å². The zero-order chi connectivity index (χ0) is 24.9. The summed E-state index contributed by atoms with van der Waals surface area (Å²) in [6, 6.07) is 42.0. The van der Waals surface area contributed by atoms with Gasteiger partial charge in [-0.2, -0.15) is 0 Å². The molecule has 0 aromatic heterocycles. The minimum atomic E-state index is -0.711. The van der Waals surface area contributed by atoms with Crippen molar-refractivity contribution in [3.05, 3.63) is 155 Å². The topological polar surface area (TPSA) is 20.2 Å².